The van der Waals surface area contributed by atoms with Crippen LogP contribution in [-0.4, -0.2) is 26.5 Å². The van der Waals surface area contributed by atoms with E-state index in [-0.39, 0.29) is 10.6 Å². The van der Waals surface area contributed by atoms with Gasteiger partial charge < -0.3 is 5.32 Å². The van der Waals surface area contributed by atoms with Crippen LogP contribution in [0.15, 0.2) is 30.6 Å². The second kappa shape index (κ2) is 5.94. The number of nitrogens with one attached hydrogen (secondary N) is 1. The molecule has 0 aliphatic rings. The van der Waals surface area contributed by atoms with Crippen molar-refractivity contribution in [2.75, 3.05) is 11.9 Å². The number of aromatic nitrogens is 3. The monoisotopic (exact) mass is 261 g/mol. The second-order valence-electron chi connectivity index (χ2n) is 4.26. The smallest absolute Gasteiger partial charge is 0.271 e. The van der Waals surface area contributed by atoms with Gasteiger partial charge in [-0.1, -0.05) is 5.21 Å². The number of benzene rings is 1. The fourth-order valence-electron chi connectivity index (χ4n) is 1.80. The fraction of sp³-hybridized carbons (Fsp3) is 0.333. The van der Waals surface area contributed by atoms with Gasteiger partial charge in [-0.15, -0.1) is 5.10 Å². The Balaban J connectivity index is 1.87. The highest BCUT2D eigenvalue weighted by Gasteiger charge is 2.07. The molecule has 0 aliphatic heterocycles. The summed E-state index contributed by atoms with van der Waals surface area (Å²) in [6, 6.07) is 4.99. The molecule has 2 rings (SSSR count). The van der Waals surface area contributed by atoms with Crippen molar-refractivity contribution in [3.63, 3.8) is 0 Å². The third kappa shape index (κ3) is 3.77. The van der Waals surface area contributed by atoms with Crippen molar-refractivity contribution in [3.8, 4) is 0 Å². The van der Waals surface area contributed by atoms with E-state index in [0.29, 0.717) is 0 Å². The van der Waals surface area contributed by atoms with Crippen LogP contribution in [0, 0.1) is 17.0 Å². The topological polar surface area (TPSA) is 85.9 Å². The lowest BCUT2D eigenvalue weighted by atomic mass is 10.2. The van der Waals surface area contributed by atoms with Gasteiger partial charge in [0, 0.05) is 37.1 Å². The van der Waals surface area contributed by atoms with Gasteiger partial charge in [0.25, 0.3) is 5.69 Å². The number of anilines is 1. The molecule has 7 nitrogen and oxygen atoms in total. The Hall–Kier alpha value is -2.44. The lowest BCUT2D eigenvalue weighted by molar-refractivity contribution is -0.384. The molecule has 1 aromatic carbocycles. The van der Waals surface area contributed by atoms with E-state index in [9.17, 15) is 10.1 Å². The third-order valence-electron chi connectivity index (χ3n) is 2.64. The normalized spacial score (nSPS) is 10.4. The molecule has 19 heavy (non-hydrogen) atoms. The molecule has 0 saturated heterocycles. The minimum absolute atomic E-state index is 0.110. The zero-order valence-corrected chi connectivity index (χ0v) is 10.6. The van der Waals surface area contributed by atoms with E-state index in [2.05, 4.69) is 15.6 Å². The van der Waals surface area contributed by atoms with Crippen LogP contribution < -0.4 is 5.32 Å². The standard InChI is InChI=1S/C12H15N5O2/c1-10-7-11(9-12(8-10)17(18)19)13-3-2-5-16-6-4-14-15-16/h4,6-9,13H,2-3,5H2,1H3. The number of non-ortho nitro benzene ring substituents is 1. The summed E-state index contributed by atoms with van der Waals surface area (Å²) >= 11 is 0. The van der Waals surface area contributed by atoms with Gasteiger partial charge in [-0.3, -0.25) is 14.8 Å². The Morgan fingerprint density at radius 2 is 2.26 bits per heavy atom. The van der Waals surface area contributed by atoms with Crippen LogP contribution >= 0.6 is 0 Å². The molecule has 0 atom stereocenters. The number of rotatable bonds is 6. The summed E-state index contributed by atoms with van der Waals surface area (Å²) in [4.78, 5) is 10.4. The number of hydrogen-bond acceptors (Lipinski definition) is 5. The van der Waals surface area contributed by atoms with E-state index >= 15 is 0 Å². The molecule has 1 heterocycles. The zero-order valence-electron chi connectivity index (χ0n) is 10.6. The largest absolute Gasteiger partial charge is 0.385 e. The van der Waals surface area contributed by atoms with E-state index in [1.807, 2.05) is 13.0 Å². The Morgan fingerprint density at radius 1 is 1.42 bits per heavy atom. The Bertz CT molecular complexity index is 553. The first kappa shape index (κ1) is 13.0. The molecule has 7 heteroatoms. The molecule has 0 amide bonds. The summed E-state index contributed by atoms with van der Waals surface area (Å²) in [5.74, 6) is 0. The van der Waals surface area contributed by atoms with E-state index in [0.717, 1.165) is 30.8 Å². The van der Waals surface area contributed by atoms with Gasteiger partial charge in [-0.25, -0.2) is 0 Å². The fourth-order valence-corrected chi connectivity index (χ4v) is 1.80. The number of nitrogens with zero attached hydrogens (tertiary/aromatic N) is 4. The maximum atomic E-state index is 10.8. The van der Waals surface area contributed by atoms with Crippen LogP contribution in [0.3, 0.4) is 0 Å². The van der Waals surface area contributed by atoms with Crippen LogP contribution in [0.5, 0.6) is 0 Å². The molecule has 1 aromatic heterocycles. The van der Waals surface area contributed by atoms with E-state index < -0.39 is 0 Å². The average Bonchev–Trinajstić information content (AvgIpc) is 2.87. The predicted octanol–water partition coefficient (Wildman–Crippen LogP) is 2.00. The Labute approximate surface area is 110 Å². The molecule has 1 N–H and O–H groups in total. The van der Waals surface area contributed by atoms with Crippen molar-refractivity contribution in [1.82, 2.24) is 15.0 Å². The predicted molar refractivity (Wildman–Crippen MR) is 71.0 cm³/mol. The van der Waals surface area contributed by atoms with Gasteiger partial charge in [0.2, 0.25) is 0 Å². The highest BCUT2D eigenvalue weighted by Crippen LogP contribution is 2.20. The van der Waals surface area contributed by atoms with Gasteiger partial charge in [0.1, 0.15) is 0 Å². The lowest BCUT2D eigenvalue weighted by Crippen LogP contribution is -2.07. The van der Waals surface area contributed by atoms with Crippen molar-refractivity contribution in [3.05, 3.63) is 46.3 Å². The Kier molecular flexibility index (Phi) is 4.07. The molecule has 0 radical (unpaired) electrons. The summed E-state index contributed by atoms with van der Waals surface area (Å²) in [5.41, 5.74) is 1.75. The number of hydrogen-bond donors (Lipinski definition) is 1. The summed E-state index contributed by atoms with van der Waals surface area (Å²) in [7, 11) is 0. The summed E-state index contributed by atoms with van der Waals surface area (Å²) in [5, 5.41) is 21.5. The summed E-state index contributed by atoms with van der Waals surface area (Å²) in [6.07, 6.45) is 4.31. The Morgan fingerprint density at radius 3 is 2.95 bits per heavy atom. The summed E-state index contributed by atoms with van der Waals surface area (Å²) < 4.78 is 1.75. The van der Waals surface area contributed by atoms with Gasteiger partial charge in [-0.05, 0) is 25.0 Å². The highest BCUT2D eigenvalue weighted by molar-refractivity contribution is 5.53. The number of nitro benzene ring substituents is 1. The molecule has 0 unspecified atom stereocenters. The molecule has 0 fully saturated rings. The molecular formula is C12H15N5O2. The molecule has 0 aliphatic carbocycles. The van der Waals surface area contributed by atoms with Gasteiger partial charge >= 0.3 is 0 Å². The van der Waals surface area contributed by atoms with Crippen molar-refractivity contribution in [2.24, 2.45) is 0 Å². The van der Waals surface area contributed by atoms with Crippen molar-refractivity contribution >= 4 is 11.4 Å². The average molecular weight is 261 g/mol. The molecule has 0 saturated carbocycles. The van der Waals surface area contributed by atoms with Crippen molar-refractivity contribution < 1.29 is 4.92 Å². The minimum atomic E-state index is -0.381. The van der Waals surface area contributed by atoms with E-state index in [1.165, 1.54) is 0 Å². The molecular weight excluding hydrogens is 246 g/mol. The van der Waals surface area contributed by atoms with E-state index in [1.54, 1.807) is 29.2 Å². The zero-order chi connectivity index (χ0) is 13.7. The van der Waals surface area contributed by atoms with Crippen LogP contribution in [0.4, 0.5) is 11.4 Å². The minimum Gasteiger partial charge on any atom is -0.385 e. The highest BCUT2D eigenvalue weighted by atomic mass is 16.6. The van der Waals surface area contributed by atoms with Gasteiger partial charge in [-0.2, -0.15) is 0 Å². The van der Waals surface area contributed by atoms with Crippen molar-refractivity contribution in [2.45, 2.75) is 19.9 Å². The number of nitro groups is 1. The maximum Gasteiger partial charge on any atom is 0.271 e. The molecule has 100 valence electrons. The van der Waals surface area contributed by atoms with Crippen LogP contribution in [0.2, 0.25) is 0 Å². The maximum absolute atomic E-state index is 10.8. The van der Waals surface area contributed by atoms with Gasteiger partial charge in [0.15, 0.2) is 0 Å². The molecule has 0 spiro atoms. The number of aryl methyl sites for hydroxylation is 2. The lowest BCUT2D eigenvalue weighted by Gasteiger charge is -2.07. The van der Waals surface area contributed by atoms with Crippen LogP contribution in [-0.2, 0) is 6.54 Å². The van der Waals surface area contributed by atoms with Crippen LogP contribution in [0.1, 0.15) is 12.0 Å². The quantitative estimate of drug-likeness (QED) is 0.488. The first-order valence-corrected chi connectivity index (χ1v) is 5.99. The van der Waals surface area contributed by atoms with Gasteiger partial charge in [0.05, 0.1) is 11.1 Å². The summed E-state index contributed by atoms with van der Waals surface area (Å²) in [6.45, 7) is 3.33. The van der Waals surface area contributed by atoms with Crippen LogP contribution in [0.25, 0.3) is 0 Å². The SMILES string of the molecule is Cc1cc(NCCCn2ccnn2)cc([N+](=O)[O-])c1. The second-order valence-corrected chi connectivity index (χ2v) is 4.26. The first-order chi connectivity index (χ1) is 9.15. The molecule has 0 bridgehead atoms. The molecule has 2 aromatic rings. The van der Waals surface area contributed by atoms with Crippen molar-refractivity contribution in [1.29, 1.82) is 0 Å². The first-order valence-electron chi connectivity index (χ1n) is 5.99. The van der Waals surface area contributed by atoms with E-state index in [4.69, 9.17) is 0 Å². The third-order valence-corrected chi connectivity index (χ3v) is 2.64.